The van der Waals surface area contributed by atoms with Gasteiger partial charge in [0, 0.05) is 19.3 Å². The standard InChI is InChI=1S/C13H17NO8/c1-5-10(6(15)3-4-14(5)2)21-13-9(18)7(16)8(17)11(22-13)12(19)20/h3-4,7-9,11,13,16-18H,1-2H3,(H,19,20)/t7-,8+,9-,11?,13+/m1/s1. The molecule has 1 aliphatic heterocycles. The van der Waals surface area contributed by atoms with E-state index >= 15 is 0 Å². The quantitative estimate of drug-likeness (QED) is 0.501. The van der Waals surface area contributed by atoms with Gasteiger partial charge in [-0.1, -0.05) is 0 Å². The van der Waals surface area contributed by atoms with E-state index < -0.39 is 42.1 Å². The van der Waals surface area contributed by atoms with E-state index in [1.807, 2.05) is 0 Å². The van der Waals surface area contributed by atoms with Crippen molar-refractivity contribution in [2.24, 2.45) is 7.05 Å². The molecule has 9 nitrogen and oxygen atoms in total. The zero-order valence-corrected chi connectivity index (χ0v) is 11.9. The van der Waals surface area contributed by atoms with E-state index in [1.54, 1.807) is 18.5 Å². The highest BCUT2D eigenvalue weighted by Gasteiger charge is 2.48. The van der Waals surface area contributed by atoms with E-state index in [0.717, 1.165) is 0 Å². The summed E-state index contributed by atoms with van der Waals surface area (Å²) in [7, 11) is 1.67. The zero-order valence-electron chi connectivity index (χ0n) is 11.9. The van der Waals surface area contributed by atoms with Crippen molar-refractivity contribution < 1.29 is 34.7 Å². The SMILES string of the molecule is Cc1c(O[C@H]2OC(C(=O)O)[C@@H](O)[C@@H](O)[C@H]2O)c(=O)ccn1C. The molecule has 0 bridgehead atoms. The lowest BCUT2D eigenvalue weighted by atomic mass is 9.99. The maximum Gasteiger partial charge on any atom is 0.335 e. The summed E-state index contributed by atoms with van der Waals surface area (Å²) in [5.41, 5.74) is -0.0605. The molecule has 1 saturated heterocycles. The Morgan fingerprint density at radius 1 is 1.27 bits per heavy atom. The van der Waals surface area contributed by atoms with Gasteiger partial charge in [0.1, 0.15) is 18.3 Å². The van der Waals surface area contributed by atoms with Crippen LogP contribution in [0.15, 0.2) is 17.1 Å². The van der Waals surface area contributed by atoms with Crippen LogP contribution >= 0.6 is 0 Å². The van der Waals surface area contributed by atoms with Crippen LogP contribution in [0.1, 0.15) is 5.69 Å². The number of hydrogen-bond donors (Lipinski definition) is 4. The van der Waals surface area contributed by atoms with Crippen LogP contribution in [0.25, 0.3) is 0 Å². The van der Waals surface area contributed by atoms with Gasteiger partial charge in [-0.25, -0.2) is 4.79 Å². The van der Waals surface area contributed by atoms with Crippen LogP contribution in [0.3, 0.4) is 0 Å². The van der Waals surface area contributed by atoms with Crippen LogP contribution in [0, 0.1) is 6.92 Å². The molecule has 0 amide bonds. The molecule has 9 heteroatoms. The number of carbonyl (C=O) groups is 1. The number of carboxylic acid groups (broad SMARTS) is 1. The van der Waals surface area contributed by atoms with Gasteiger partial charge in [-0.05, 0) is 6.92 Å². The van der Waals surface area contributed by atoms with Gasteiger partial charge in [0.05, 0.1) is 5.69 Å². The van der Waals surface area contributed by atoms with Gasteiger partial charge >= 0.3 is 5.97 Å². The Balaban J connectivity index is 2.31. The van der Waals surface area contributed by atoms with Gasteiger partial charge in [-0.3, -0.25) is 4.79 Å². The monoisotopic (exact) mass is 315 g/mol. The van der Waals surface area contributed by atoms with E-state index in [4.69, 9.17) is 14.6 Å². The van der Waals surface area contributed by atoms with Crippen molar-refractivity contribution in [3.05, 3.63) is 28.2 Å². The molecule has 22 heavy (non-hydrogen) atoms. The number of carboxylic acids is 1. The fourth-order valence-corrected chi connectivity index (χ4v) is 2.11. The number of aliphatic carboxylic acids is 1. The van der Waals surface area contributed by atoms with Crippen molar-refractivity contribution in [1.82, 2.24) is 4.57 Å². The molecule has 1 aromatic rings. The molecular formula is C13H17NO8. The second-order valence-corrected chi connectivity index (χ2v) is 5.06. The number of aromatic nitrogens is 1. The highest BCUT2D eigenvalue weighted by atomic mass is 16.7. The highest BCUT2D eigenvalue weighted by Crippen LogP contribution is 2.24. The van der Waals surface area contributed by atoms with Crippen LogP contribution in [0.5, 0.6) is 5.75 Å². The summed E-state index contributed by atoms with van der Waals surface area (Å²) in [5.74, 6) is -1.66. The van der Waals surface area contributed by atoms with E-state index in [-0.39, 0.29) is 5.75 Å². The molecule has 1 unspecified atom stereocenters. The van der Waals surface area contributed by atoms with Gasteiger partial charge in [0.15, 0.2) is 11.9 Å². The van der Waals surface area contributed by atoms with Gasteiger partial charge in [0.25, 0.3) is 0 Å². The Kier molecular flexibility index (Phi) is 4.52. The van der Waals surface area contributed by atoms with Crippen molar-refractivity contribution in [3.8, 4) is 5.75 Å². The van der Waals surface area contributed by atoms with Gasteiger partial charge < -0.3 is 34.5 Å². The molecule has 1 aromatic heterocycles. The molecule has 4 N–H and O–H groups in total. The summed E-state index contributed by atoms with van der Waals surface area (Å²) in [6.07, 6.45) is -7.18. The van der Waals surface area contributed by atoms with Crippen molar-refractivity contribution in [2.75, 3.05) is 0 Å². The fraction of sp³-hybridized carbons (Fsp3) is 0.538. The Morgan fingerprint density at radius 2 is 1.91 bits per heavy atom. The second-order valence-electron chi connectivity index (χ2n) is 5.06. The Bertz CT molecular complexity index is 627. The molecule has 122 valence electrons. The van der Waals surface area contributed by atoms with Crippen molar-refractivity contribution in [2.45, 2.75) is 37.6 Å². The molecule has 1 aliphatic rings. The average Bonchev–Trinajstić information content (AvgIpc) is 2.47. The zero-order chi connectivity index (χ0) is 16.6. The minimum absolute atomic E-state index is 0.137. The first-order chi connectivity index (χ1) is 10.2. The minimum Gasteiger partial charge on any atom is -0.479 e. The smallest absolute Gasteiger partial charge is 0.335 e. The molecule has 0 radical (unpaired) electrons. The fourth-order valence-electron chi connectivity index (χ4n) is 2.11. The van der Waals surface area contributed by atoms with Crippen LogP contribution in [0.4, 0.5) is 0 Å². The molecule has 2 heterocycles. The van der Waals surface area contributed by atoms with E-state index in [1.165, 1.54) is 12.3 Å². The van der Waals surface area contributed by atoms with Crippen LogP contribution in [0.2, 0.25) is 0 Å². The van der Waals surface area contributed by atoms with E-state index in [0.29, 0.717) is 5.69 Å². The molecular weight excluding hydrogens is 298 g/mol. The van der Waals surface area contributed by atoms with E-state index in [9.17, 15) is 24.9 Å². The average molecular weight is 315 g/mol. The summed E-state index contributed by atoms with van der Waals surface area (Å²) in [6.45, 7) is 1.59. The number of aliphatic hydroxyl groups is 3. The number of ether oxygens (including phenoxy) is 2. The van der Waals surface area contributed by atoms with Crippen molar-refractivity contribution >= 4 is 5.97 Å². The normalized spacial score (nSPS) is 31.8. The molecule has 2 rings (SSSR count). The number of aliphatic hydroxyl groups excluding tert-OH is 3. The largest absolute Gasteiger partial charge is 0.479 e. The van der Waals surface area contributed by atoms with Crippen molar-refractivity contribution in [3.63, 3.8) is 0 Å². The first-order valence-electron chi connectivity index (χ1n) is 6.49. The van der Waals surface area contributed by atoms with Crippen LogP contribution in [-0.2, 0) is 16.6 Å². The number of pyridine rings is 1. The molecule has 0 saturated carbocycles. The Morgan fingerprint density at radius 3 is 2.50 bits per heavy atom. The first kappa shape index (κ1) is 16.4. The summed E-state index contributed by atoms with van der Waals surface area (Å²) < 4.78 is 11.8. The van der Waals surface area contributed by atoms with Crippen LogP contribution < -0.4 is 10.2 Å². The lowest BCUT2D eigenvalue weighted by Crippen LogP contribution is -2.61. The number of nitrogens with zero attached hydrogens (tertiary/aromatic N) is 1. The highest BCUT2D eigenvalue weighted by molar-refractivity contribution is 5.73. The summed E-state index contributed by atoms with van der Waals surface area (Å²) >= 11 is 0. The Hall–Kier alpha value is -1.94. The molecule has 5 atom stereocenters. The predicted octanol–water partition coefficient (Wildman–Crippen LogP) is -2.04. The van der Waals surface area contributed by atoms with Gasteiger partial charge in [-0.15, -0.1) is 0 Å². The topological polar surface area (TPSA) is 138 Å². The summed E-state index contributed by atoms with van der Waals surface area (Å²) in [6, 6.07) is 1.23. The first-order valence-corrected chi connectivity index (χ1v) is 6.49. The Labute approximate surface area is 125 Å². The second kappa shape index (κ2) is 6.05. The third-order valence-corrected chi connectivity index (χ3v) is 3.58. The molecule has 0 spiro atoms. The summed E-state index contributed by atoms with van der Waals surface area (Å²) in [4.78, 5) is 22.8. The van der Waals surface area contributed by atoms with Crippen molar-refractivity contribution in [1.29, 1.82) is 0 Å². The van der Waals surface area contributed by atoms with Gasteiger partial charge in [0.2, 0.25) is 11.7 Å². The third-order valence-electron chi connectivity index (χ3n) is 3.58. The minimum atomic E-state index is -1.81. The maximum absolute atomic E-state index is 11.8. The molecule has 1 fully saturated rings. The number of aryl methyl sites for hydroxylation is 1. The van der Waals surface area contributed by atoms with Crippen LogP contribution in [-0.4, -0.2) is 61.7 Å². The predicted molar refractivity (Wildman–Crippen MR) is 71.4 cm³/mol. The molecule has 0 aromatic carbocycles. The molecule has 0 aliphatic carbocycles. The summed E-state index contributed by atoms with van der Waals surface area (Å²) in [5, 5.41) is 38.1. The number of hydrogen-bond acceptors (Lipinski definition) is 7. The van der Waals surface area contributed by atoms with E-state index in [2.05, 4.69) is 0 Å². The number of rotatable bonds is 3. The third kappa shape index (κ3) is 2.83. The lowest BCUT2D eigenvalue weighted by Gasteiger charge is -2.38. The maximum atomic E-state index is 11.8. The lowest BCUT2D eigenvalue weighted by molar-refractivity contribution is -0.271. The van der Waals surface area contributed by atoms with Gasteiger partial charge in [-0.2, -0.15) is 0 Å².